The molecule has 0 spiro atoms. The molecule has 30 heavy (non-hydrogen) atoms. The number of nitrogens with one attached hydrogen (secondary N) is 1. The fourth-order valence-corrected chi connectivity index (χ4v) is 4.08. The average molecular weight is 406 g/mol. The zero-order valence-electron chi connectivity index (χ0n) is 16.6. The summed E-state index contributed by atoms with van der Waals surface area (Å²) in [5.74, 6) is 1.84. The summed E-state index contributed by atoms with van der Waals surface area (Å²) in [4.78, 5) is 31.9. The summed E-state index contributed by atoms with van der Waals surface area (Å²) in [5.41, 5.74) is 1.39. The van der Waals surface area contributed by atoms with Crippen LogP contribution >= 0.6 is 0 Å². The third-order valence-corrected chi connectivity index (χ3v) is 5.67. The minimum Gasteiger partial charge on any atom is -0.480 e. The van der Waals surface area contributed by atoms with E-state index in [0.29, 0.717) is 43.3 Å². The number of hydrogen-bond donors (Lipinski definition) is 1. The van der Waals surface area contributed by atoms with Crippen LogP contribution in [-0.2, 0) is 24.3 Å². The summed E-state index contributed by atoms with van der Waals surface area (Å²) in [5, 5.41) is 2.81. The predicted molar refractivity (Wildman–Crippen MR) is 107 cm³/mol. The van der Waals surface area contributed by atoms with E-state index in [1.54, 1.807) is 29.5 Å². The first-order valence-electron chi connectivity index (χ1n) is 10.0. The van der Waals surface area contributed by atoms with Gasteiger partial charge in [-0.15, -0.1) is 0 Å². The van der Waals surface area contributed by atoms with Crippen molar-refractivity contribution in [2.24, 2.45) is 0 Å². The highest BCUT2D eigenvalue weighted by molar-refractivity contribution is 5.92. The van der Waals surface area contributed by atoms with Crippen molar-refractivity contribution in [3.63, 3.8) is 0 Å². The van der Waals surface area contributed by atoms with Crippen molar-refractivity contribution < 1.29 is 18.7 Å². The summed E-state index contributed by atoms with van der Waals surface area (Å²) < 4.78 is 13.1. The van der Waals surface area contributed by atoms with E-state index in [1.165, 1.54) is 0 Å². The van der Waals surface area contributed by atoms with Gasteiger partial charge in [-0.2, -0.15) is 0 Å². The molecule has 1 aromatic carbocycles. The summed E-state index contributed by atoms with van der Waals surface area (Å²) in [6.07, 6.45) is 3.37. The molecule has 0 aliphatic carbocycles. The lowest BCUT2D eigenvalue weighted by atomic mass is 10.1. The number of benzene rings is 1. The Kier molecular flexibility index (Phi) is 4.54. The molecular weight excluding hydrogens is 384 g/mol. The zero-order valence-corrected chi connectivity index (χ0v) is 16.6. The van der Waals surface area contributed by atoms with E-state index in [2.05, 4.69) is 10.3 Å². The number of fused-ring (bicyclic) bond motifs is 2. The number of carbonyl (C=O) groups excluding carboxylic acids is 2. The van der Waals surface area contributed by atoms with Crippen molar-refractivity contribution in [1.82, 2.24) is 19.8 Å². The highest BCUT2D eigenvalue weighted by Gasteiger charge is 2.37. The number of aromatic nitrogens is 2. The van der Waals surface area contributed by atoms with Crippen molar-refractivity contribution >= 4 is 11.8 Å². The molecule has 0 saturated heterocycles. The molecule has 0 fully saturated rings. The van der Waals surface area contributed by atoms with Crippen LogP contribution < -0.4 is 10.1 Å². The fourth-order valence-electron chi connectivity index (χ4n) is 4.08. The van der Waals surface area contributed by atoms with E-state index < -0.39 is 6.10 Å². The second-order valence-corrected chi connectivity index (χ2v) is 7.57. The molecule has 2 aliphatic heterocycles. The first-order chi connectivity index (χ1) is 14.6. The molecule has 2 aliphatic rings. The molecule has 1 N–H and O–H groups in total. The SMILES string of the molecule is C[C@@H]1c2nc(C(=O)NCc3ccco3)cn2CCN1C(=O)[C@@H]1Cc2ccccc2O1. The Morgan fingerprint density at radius 3 is 2.87 bits per heavy atom. The van der Waals surface area contributed by atoms with Crippen LogP contribution in [0.5, 0.6) is 5.75 Å². The highest BCUT2D eigenvalue weighted by atomic mass is 16.5. The van der Waals surface area contributed by atoms with E-state index in [-0.39, 0.29) is 17.9 Å². The van der Waals surface area contributed by atoms with Gasteiger partial charge >= 0.3 is 0 Å². The average Bonchev–Trinajstić information content (AvgIpc) is 3.51. The van der Waals surface area contributed by atoms with E-state index in [9.17, 15) is 9.59 Å². The molecule has 2 amide bonds. The number of ether oxygens (including phenoxy) is 1. The lowest BCUT2D eigenvalue weighted by Crippen LogP contribution is -2.47. The molecular formula is C22H22N4O4. The Hall–Kier alpha value is -3.55. The normalized spacial score (nSPS) is 19.7. The van der Waals surface area contributed by atoms with Gasteiger partial charge in [-0.05, 0) is 30.7 Å². The molecule has 0 bridgehead atoms. The predicted octanol–water partition coefficient (Wildman–Crippen LogP) is 2.31. The van der Waals surface area contributed by atoms with Gasteiger partial charge in [0, 0.05) is 25.7 Å². The van der Waals surface area contributed by atoms with Crippen molar-refractivity contribution in [1.29, 1.82) is 0 Å². The second-order valence-electron chi connectivity index (χ2n) is 7.57. The molecule has 2 aromatic heterocycles. The van der Waals surface area contributed by atoms with Crippen LogP contribution in [0.25, 0.3) is 0 Å². The minimum atomic E-state index is -0.512. The Morgan fingerprint density at radius 2 is 2.07 bits per heavy atom. The molecule has 0 unspecified atom stereocenters. The number of furan rings is 1. The molecule has 0 saturated carbocycles. The lowest BCUT2D eigenvalue weighted by molar-refractivity contribution is -0.141. The molecule has 154 valence electrons. The van der Waals surface area contributed by atoms with Gasteiger partial charge in [0.1, 0.15) is 23.0 Å². The monoisotopic (exact) mass is 406 g/mol. The number of imidazole rings is 1. The van der Waals surface area contributed by atoms with E-state index in [1.807, 2.05) is 35.8 Å². The van der Waals surface area contributed by atoms with Gasteiger partial charge in [0.25, 0.3) is 11.8 Å². The topological polar surface area (TPSA) is 89.6 Å². The fraction of sp³-hybridized carbons (Fsp3) is 0.318. The molecule has 4 heterocycles. The zero-order chi connectivity index (χ0) is 20.7. The summed E-state index contributed by atoms with van der Waals surface area (Å²) in [7, 11) is 0. The highest BCUT2D eigenvalue weighted by Crippen LogP contribution is 2.32. The number of hydrogen-bond acceptors (Lipinski definition) is 5. The van der Waals surface area contributed by atoms with Crippen LogP contribution in [-0.4, -0.2) is 38.9 Å². The maximum Gasteiger partial charge on any atom is 0.271 e. The summed E-state index contributed by atoms with van der Waals surface area (Å²) in [6.45, 7) is 3.37. The van der Waals surface area contributed by atoms with Crippen LogP contribution in [0.1, 0.15) is 40.6 Å². The largest absolute Gasteiger partial charge is 0.480 e. The maximum atomic E-state index is 13.1. The van der Waals surface area contributed by atoms with Gasteiger partial charge in [-0.25, -0.2) is 4.98 Å². The molecule has 8 heteroatoms. The quantitative estimate of drug-likeness (QED) is 0.718. The van der Waals surface area contributed by atoms with Crippen LogP contribution in [0.2, 0.25) is 0 Å². The number of amides is 2. The van der Waals surface area contributed by atoms with Crippen molar-refractivity contribution in [3.05, 3.63) is 71.7 Å². The van der Waals surface area contributed by atoms with Gasteiger partial charge in [-0.1, -0.05) is 18.2 Å². The van der Waals surface area contributed by atoms with Crippen molar-refractivity contribution in [3.8, 4) is 5.75 Å². The van der Waals surface area contributed by atoms with E-state index in [0.717, 1.165) is 11.3 Å². The lowest BCUT2D eigenvalue weighted by Gasteiger charge is -2.35. The van der Waals surface area contributed by atoms with Crippen LogP contribution in [0.3, 0.4) is 0 Å². The third kappa shape index (κ3) is 3.24. The van der Waals surface area contributed by atoms with E-state index >= 15 is 0 Å². The Morgan fingerprint density at radius 1 is 1.20 bits per heavy atom. The van der Waals surface area contributed by atoms with E-state index in [4.69, 9.17) is 9.15 Å². The Bertz CT molecular complexity index is 1060. The van der Waals surface area contributed by atoms with Crippen LogP contribution in [0.4, 0.5) is 0 Å². The molecule has 8 nitrogen and oxygen atoms in total. The first-order valence-corrected chi connectivity index (χ1v) is 10.0. The third-order valence-electron chi connectivity index (χ3n) is 5.67. The number of nitrogens with zero attached hydrogens (tertiary/aromatic N) is 3. The van der Waals surface area contributed by atoms with Crippen LogP contribution in [0, 0.1) is 0 Å². The number of carbonyl (C=O) groups is 2. The van der Waals surface area contributed by atoms with Crippen LogP contribution in [0.15, 0.2) is 53.3 Å². The second kappa shape index (κ2) is 7.37. The standard InChI is InChI=1S/C22H22N4O4/c1-14-20-24-17(21(27)23-12-16-6-4-10-29-16)13-25(20)8-9-26(14)22(28)19-11-15-5-2-3-7-18(15)30-19/h2-7,10,13-14,19H,8-9,11-12H2,1H3,(H,23,27)/t14-,19+/m1/s1. The number of para-hydroxylation sites is 1. The molecule has 0 radical (unpaired) electrons. The summed E-state index contributed by atoms with van der Waals surface area (Å²) in [6, 6.07) is 11.1. The minimum absolute atomic E-state index is 0.0447. The van der Waals surface area contributed by atoms with Gasteiger partial charge < -0.3 is 23.9 Å². The van der Waals surface area contributed by atoms with Gasteiger partial charge in [0.2, 0.25) is 0 Å². The van der Waals surface area contributed by atoms with Crippen molar-refractivity contribution in [2.75, 3.05) is 6.54 Å². The maximum absolute atomic E-state index is 13.1. The Balaban J connectivity index is 1.28. The van der Waals surface area contributed by atoms with Crippen molar-refractivity contribution in [2.45, 2.75) is 38.6 Å². The van der Waals surface area contributed by atoms with Gasteiger partial charge in [-0.3, -0.25) is 9.59 Å². The number of rotatable bonds is 4. The summed E-state index contributed by atoms with van der Waals surface area (Å²) >= 11 is 0. The molecule has 2 atom stereocenters. The molecule has 5 rings (SSSR count). The first kappa shape index (κ1) is 18.5. The Labute approximate surface area is 173 Å². The van der Waals surface area contributed by atoms with Gasteiger partial charge in [0.15, 0.2) is 6.10 Å². The smallest absolute Gasteiger partial charge is 0.271 e. The van der Waals surface area contributed by atoms with Gasteiger partial charge in [0.05, 0.1) is 18.8 Å². The molecule has 3 aromatic rings.